The zero-order valence-electron chi connectivity index (χ0n) is 7.50. The summed E-state index contributed by atoms with van der Waals surface area (Å²) in [5, 5.41) is 1.38. The first-order valence-electron chi connectivity index (χ1n) is 3.99. The van der Waals surface area contributed by atoms with Gasteiger partial charge >= 0.3 is 0 Å². The van der Waals surface area contributed by atoms with Gasteiger partial charge in [0, 0.05) is 15.0 Å². The first kappa shape index (κ1) is 9.44. The summed E-state index contributed by atoms with van der Waals surface area (Å²) in [7, 11) is 0. The van der Waals surface area contributed by atoms with Crippen molar-refractivity contribution in [1.82, 2.24) is 0 Å². The molecule has 2 aromatic rings. The molecule has 0 saturated carbocycles. The molecule has 0 atom stereocenters. The Kier molecular flexibility index (Phi) is 2.58. The van der Waals surface area contributed by atoms with Crippen molar-refractivity contribution in [3.8, 4) is 0 Å². The summed E-state index contributed by atoms with van der Waals surface area (Å²) in [6.45, 7) is 2.15. The van der Waals surface area contributed by atoms with Gasteiger partial charge in [-0.3, -0.25) is 0 Å². The lowest BCUT2D eigenvalue weighted by molar-refractivity contribution is 1.42. The van der Waals surface area contributed by atoms with E-state index >= 15 is 0 Å². The van der Waals surface area contributed by atoms with Crippen molar-refractivity contribution < 1.29 is 0 Å². The van der Waals surface area contributed by atoms with E-state index in [9.17, 15) is 0 Å². The van der Waals surface area contributed by atoms with Crippen LogP contribution in [0.2, 0.25) is 0 Å². The molecule has 1 aromatic heterocycles. The van der Waals surface area contributed by atoms with Crippen LogP contribution in [0, 0.1) is 6.92 Å². The molecule has 13 heavy (non-hydrogen) atoms. The van der Waals surface area contributed by atoms with E-state index in [1.807, 2.05) is 0 Å². The van der Waals surface area contributed by atoms with E-state index in [4.69, 9.17) is 0 Å². The lowest BCUT2D eigenvalue weighted by Gasteiger charge is -1.98. The lowest BCUT2D eigenvalue weighted by atomic mass is 10.1. The maximum absolute atomic E-state index is 4.48. The molecule has 0 nitrogen and oxygen atoms in total. The summed E-state index contributed by atoms with van der Waals surface area (Å²) in [6, 6.07) is 6.42. The Labute approximate surface area is 91.8 Å². The second kappa shape index (κ2) is 3.56. The number of hydrogen-bond donors (Lipinski definition) is 1. The minimum Gasteiger partial charge on any atom is -0.132 e. The van der Waals surface area contributed by atoms with E-state index in [2.05, 4.69) is 44.0 Å². The van der Waals surface area contributed by atoms with Crippen LogP contribution >= 0.6 is 35.7 Å². The van der Waals surface area contributed by atoms with Crippen LogP contribution in [0.1, 0.15) is 5.56 Å². The van der Waals surface area contributed by atoms with Gasteiger partial charge in [0.25, 0.3) is 0 Å². The largest absolute Gasteiger partial charge is 0.132 e. The fourth-order valence-corrected chi connectivity index (χ4v) is 4.15. The Hall–Kier alpha value is -0.120. The van der Waals surface area contributed by atoms with Gasteiger partial charge in [-0.25, -0.2) is 0 Å². The van der Waals surface area contributed by atoms with Crippen LogP contribution in [0.4, 0.5) is 0 Å². The minimum atomic E-state index is 1.14. The molecule has 1 aromatic carbocycles. The van der Waals surface area contributed by atoms with Crippen LogP contribution in [0.3, 0.4) is 0 Å². The first-order chi connectivity index (χ1) is 6.24. The molecular formula is C10H10S3. The second-order valence-corrected chi connectivity index (χ2v) is 5.51. The number of thiophene rings is 1. The van der Waals surface area contributed by atoms with Crippen molar-refractivity contribution in [3.63, 3.8) is 0 Å². The third-order valence-corrected chi connectivity index (χ3v) is 4.62. The van der Waals surface area contributed by atoms with Crippen molar-refractivity contribution in [2.24, 2.45) is 0 Å². The van der Waals surface area contributed by atoms with Crippen molar-refractivity contribution in [3.05, 3.63) is 23.8 Å². The zero-order chi connectivity index (χ0) is 9.42. The van der Waals surface area contributed by atoms with E-state index in [1.165, 1.54) is 20.5 Å². The Balaban J connectivity index is 2.88. The molecule has 0 bridgehead atoms. The SMILES string of the molecule is CSc1c(S)sc2cccc(C)c12. The van der Waals surface area contributed by atoms with Crippen LogP contribution in [-0.2, 0) is 0 Å². The molecule has 0 aliphatic heterocycles. The number of benzene rings is 1. The van der Waals surface area contributed by atoms with Gasteiger partial charge in [-0.05, 0) is 24.8 Å². The molecule has 68 valence electrons. The number of rotatable bonds is 1. The average molecular weight is 226 g/mol. The number of hydrogen-bond acceptors (Lipinski definition) is 3. The van der Waals surface area contributed by atoms with Crippen LogP contribution in [0.25, 0.3) is 10.1 Å². The highest BCUT2D eigenvalue weighted by Crippen LogP contribution is 2.40. The van der Waals surface area contributed by atoms with Gasteiger partial charge in [0.1, 0.15) is 0 Å². The third kappa shape index (κ3) is 1.49. The van der Waals surface area contributed by atoms with Gasteiger partial charge in [0.05, 0.1) is 4.21 Å². The van der Waals surface area contributed by atoms with E-state index in [0.717, 1.165) is 4.21 Å². The van der Waals surface area contributed by atoms with Crippen LogP contribution in [0.15, 0.2) is 27.3 Å². The number of thiol groups is 1. The predicted molar refractivity (Wildman–Crippen MR) is 65.6 cm³/mol. The molecule has 0 radical (unpaired) electrons. The van der Waals surface area contributed by atoms with E-state index in [1.54, 1.807) is 23.1 Å². The fraction of sp³-hybridized carbons (Fsp3) is 0.200. The molecule has 2 rings (SSSR count). The van der Waals surface area contributed by atoms with Crippen LogP contribution in [-0.4, -0.2) is 6.26 Å². The number of thioether (sulfide) groups is 1. The molecule has 0 saturated heterocycles. The predicted octanol–water partition coefficient (Wildman–Crippen LogP) is 4.22. The highest BCUT2D eigenvalue weighted by molar-refractivity contribution is 7.99. The summed E-state index contributed by atoms with van der Waals surface area (Å²) >= 11 is 8.02. The minimum absolute atomic E-state index is 1.14. The summed E-state index contributed by atoms with van der Waals surface area (Å²) in [6.07, 6.45) is 2.10. The lowest BCUT2D eigenvalue weighted by Crippen LogP contribution is -1.74. The maximum Gasteiger partial charge on any atom is 0.0717 e. The number of aryl methyl sites for hydroxylation is 1. The van der Waals surface area contributed by atoms with E-state index in [-0.39, 0.29) is 0 Å². The van der Waals surface area contributed by atoms with Gasteiger partial charge in [-0.15, -0.1) is 35.7 Å². The van der Waals surface area contributed by atoms with Gasteiger partial charge in [-0.2, -0.15) is 0 Å². The molecule has 0 amide bonds. The van der Waals surface area contributed by atoms with Crippen LogP contribution < -0.4 is 0 Å². The number of fused-ring (bicyclic) bond motifs is 1. The summed E-state index contributed by atoms with van der Waals surface area (Å²) < 4.78 is 2.48. The van der Waals surface area contributed by atoms with Gasteiger partial charge in [-0.1, -0.05) is 12.1 Å². The third-order valence-electron chi connectivity index (χ3n) is 2.07. The average Bonchev–Trinajstić information content (AvgIpc) is 2.42. The standard InChI is InChI=1S/C10H10S3/c1-6-4-3-5-7-8(6)9(12-2)10(11)13-7/h3-5,11H,1-2H3. The summed E-state index contributed by atoms with van der Waals surface area (Å²) in [5.74, 6) is 0. The molecule has 0 aliphatic carbocycles. The summed E-state index contributed by atoms with van der Waals surface area (Å²) in [4.78, 5) is 1.32. The quantitative estimate of drug-likeness (QED) is 0.561. The molecule has 0 unspecified atom stereocenters. The van der Waals surface area contributed by atoms with E-state index in [0.29, 0.717) is 0 Å². The van der Waals surface area contributed by atoms with E-state index < -0.39 is 0 Å². The highest BCUT2D eigenvalue weighted by atomic mass is 32.2. The van der Waals surface area contributed by atoms with Crippen LogP contribution in [0.5, 0.6) is 0 Å². The monoisotopic (exact) mass is 226 g/mol. The first-order valence-corrected chi connectivity index (χ1v) is 6.48. The van der Waals surface area contributed by atoms with Crippen molar-refractivity contribution in [2.45, 2.75) is 16.0 Å². The smallest absolute Gasteiger partial charge is 0.0717 e. The van der Waals surface area contributed by atoms with Gasteiger partial charge in [0.2, 0.25) is 0 Å². The Morgan fingerprint density at radius 2 is 2.15 bits per heavy atom. The second-order valence-electron chi connectivity index (χ2n) is 2.89. The normalized spacial score (nSPS) is 11.0. The molecule has 0 fully saturated rings. The molecule has 0 spiro atoms. The molecule has 0 N–H and O–H groups in total. The maximum atomic E-state index is 4.48. The molecular weight excluding hydrogens is 216 g/mol. The molecule has 3 heteroatoms. The van der Waals surface area contributed by atoms with Gasteiger partial charge < -0.3 is 0 Å². The molecule has 0 aliphatic rings. The van der Waals surface area contributed by atoms with Gasteiger partial charge in [0.15, 0.2) is 0 Å². The Bertz CT molecular complexity index is 443. The van der Waals surface area contributed by atoms with Crippen molar-refractivity contribution in [2.75, 3.05) is 6.26 Å². The van der Waals surface area contributed by atoms with Crippen molar-refractivity contribution in [1.29, 1.82) is 0 Å². The summed E-state index contributed by atoms with van der Waals surface area (Å²) in [5.41, 5.74) is 1.35. The topological polar surface area (TPSA) is 0 Å². The van der Waals surface area contributed by atoms with Crippen molar-refractivity contribution >= 4 is 45.8 Å². The fourth-order valence-electron chi connectivity index (χ4n) is 1.46. The highest BCUT2D eigenvalue weighted by Gasteiger charge is 2.09. The Morgan fingerprint density at radius 1 is 1.38 bits per heavy atom. The zero-order valence-corrected chi connectivity index (χ0v) is 10.0. The Morgan fingerprint density at radius 3 is 2.85 bits per heavy atom. The molecule has 1 heterocycles.